The van der Waals surface area contributed by atoms with Gasteiger partial charge in [0.15, 0.2) is 11.6 Å². The molecular weight excluding hydrogens is 262 g/mol. The minimum Gasteiger partial charge on any atom is -0.392 e. The molecule has 2 rings (SSSR count). The number of β-amino-alcohol motifs (C(OH)–C–C–N with tert-alkyl or cyclic N) is 1. The first kappa shape index (κ1) is 15.4. The van der Waals surface area contributed by atoms with Gasteiger partial charge in [-0.25, -0.2) is 8.78 Å². The van der Waals surface area contributed by atoms with E-state index in [-0.39, 0.29) is 12.1 Å². The van der Waals surface area contributed by atoms with Crippen LogP contribution < -0.4 is 0 Å². The average molecular weight is 284 g/mol. The van der Waals surface area contributed by atoms with E-state index in [4.69, 9.17) is 0 Å². The molecule has 0 amide bonds. The Morgan fingerprint density at radius 2 is 1.75 bits per heavy atom. The lowest BCUT2D eigenvalue weighted by Crippen LogP contribution is -2.48. The molecule has 1 aromatic carbocycles. The van der Waals surface area contributed by atoms with Crippen LogP contribution in [0.5, 0.6) is 0 Å². The zero-order chi connectivity index (χ0) is 14.7. The number of benzene rings is 1. The summed E-state index contributed by atoms with van der Waals surface area (Å²) in [7, 11) is 0. The topological polar surface area (TPSA) is 26.7 Å². The summed E-state index contributed by atoms with van der Waals surface area (Å²) in [5.41, 5.74) is 0.799. The molecule has 5 heteroatoms. The largest absolute Gasteiger partial charge is 0.392 e. The third-order valence-corrected chi connectivity index (χ3v) is 3.90. The van der Waals surface area contributed by atoms with Gasteiger partial charge in [0.1, 0.15) is 0 Å². The van der Waals surface area contributed by atoms with Crippen LogP contribution in [0.25, 0.3) is 0 Å². The highest BCUT2D eigenvalue weighted by Crippen LogP contribution is 2.23. The number of aliphatic hydroxyl groups is 1. The van der Waals surface area contributed by atoms with Crippen LogP contribution in [0.3, 0.4) is 0 Å². The van der Waals surface area contributed by atoms with Gasteiger partial charge in [0, 0.05) is 38.8 Å². The van der Waals surface area contributed by atoms with Crippen molar-refractivity contribution in [2.45, 2.75) is 26.0 Å². The lowest BCUT2D eigenvalue weighted by molar-refractivity contribution is 0.0654. The maximum Gasteiger partial charge on any atom is 0.159 e. The predicted octanol–water partition coefficient (Wildman–Crippen LogP) is 2.02. The number of hydrogen-bond donors (Lipinski definition) is 1. The Morgan fingerprint density at radius 1 is 1.10 bits per heavy atom. The van der Waals surface area contributed by atoms with Crippen LogP contribution in [0.15, 0.2) is 18.2 Å². The molecule has 1 N–H and O–H groups in total. The van der Waals surface area contributed by atoms with E-state index in [0.717, 1.165) is 31.7 Å². The summed E-state index contributed by atoms with van der Waals surface area (Å²) >= 11 is 0. The predicted molar refractivity (Wildman–Crippen MR) is 74.5 cm³/mol. The van der Waals surface area contributed by atoms with E-state index in [9.17, 15) is 13.9 Å². The molecule has 0 aliphatic carbocycles. The zero-order valence-electron chi connectivity index (χ0n) is 12.0. The molecule has 1 aliphatic heterocycles. The summed E-state index contributed by atoms with van der Waals surface area (Å²) in [6, 6.07) is 4.18. The number of nitrogens with zero attached hydrogens (tertiary/aromatic N) is 2. The summed E-state index contributed by atoms with van der Waals surface area (Å²) in [5, 5.41) is 9.38. The third-order valence-electron chi connectivity index (χ3n) is 3.90. The van der Waals surface area contributed by atoms with E-state index in [1.54, 1.807) is 13.0 Å². The van der Waals surface area contributed by atoms with Gasteiger partial charge in [0.05, 0.1) is 6.10 Å². The molecule has 1 heterocycles. The van der Waals surface area contributed by atoms with Crippen LogP contribution in [0.2, 0.25) is 0 Å². The van der Waals surface area contributed by atoms with Gasteiger partial charge in [-0.05, 0) is 31.5 Å². The molecule has 0 spiro atoms. The second kappa shape index (κ2) is 6.61. The second-order valence-electron chi connectivity index (χ2n) is 5.54. The van der Waals surface area contributed by atoms with E-state index in [0.29, 0.717) is 6.54 Å². The van der Waals surface area contributed by atoms with E-state index < -0.39 is 11.6 Å². The maximum absolute atomic E-state index is 13.3. The monoisotopic (exact) mass is 284 g/mol. The first-order valence-electron chi connectivity index (χ1n) is 7.07. The Hall–Kier alpha value is -1.04. The smallest absolute Gasteiger partial charge is 0.159 e. The van der Waals surface area contributed by atoms with Crippen molar-refractivity contribution in [3.05, 3.63) is 35.4 Å². The van der Waals surface area contributed by atoms with Gasteiger partial charge in [-0.3, -0.25) is 9.80 Å². The number of halogens is 2. The van der Waals surface area contributed by atoms with Gasteiger partial charge >= 0.3 is 0 Å². The standard InChI is InChI=1S/C15H22F2N2O/c1-11(20)10-18-5-7-19(8-6-18)12(2)13-3-4-14(16)15(17)9-13/h3-4,9,11-12,20H,5-8,10H2,1-2H3/t11-,12+/m1/s1. The Kier molecular flexibility index (Phi) is 5.07. The normalized spacial score (nSPS) is 20.9. The van der Waals surface area contributed by atoms with Gasteiger partial charge in [0.25, 0.3) is 0 Å². The summed E-state index contributed by atoms with van der Waals surface area (Å²) < 4.78 is 26.2. The van der Waals surface area contributed by atoms with Crippen LogP contribution in [-0.4, -0.2) is 53.7 Å². The minimum absolute atomic E-state index is 0.0683. The highest BCUT2D eigenvalue weighted by atomic mass is 19.2. The number of hydrogen-bond acceptors (Lipinski definition) is 3. The highest BCUT2D eigenvalue weighted by molar-refractivity contribution is 5.21. The van der Waals surface area contributed by atoms with Crippen LogP contribution >= 0.6 is 0 Å². The molecule has 1 fully saturated rings. The molecule has 0 saturated carbocycles. The molecule has 0 radical (unpaired) electrons. The van der Waals surface area contributed by atoms with Crippen molar-refractivity contribution in [3.8, 4) is 0 Å². The fraction of sp³-hybridized carbons (Fsp3) is 0.600. The molecule has 3 nitrogen and oxygen atoms in total. The third kappa shape index (κ3) is 3.75. The number of aliphatic hydroxyl groups excluding tert-OH is 1. The van der Waals surface area contributed by atoms with Crippen molar-refractivity contribution in [1.82, 2.24) is 9.80 Å². The van der Waals surface area contributed by atoms with Crippen molar-refractivity contribution in [2.75, 3.05) is 32.7 Å². The number of piperazine rings is 1. The maximum atomic E-state index is 13.3. The molecule has 1 aliphatic rings. The first-order chi connectivity index (χ1) is 9.47. The Balaban J connectivity index is 1.94. The van der Waals surface area contributed by atoms with Crippen LogP contribution in [0.4, 0.5) is 8.78 Å². The van der Waals surface area contributed by atoms with Gasteiger partial charge in [-0.15, -0.1) is 0 Å². The lowest BCUT2D eigenvalue weighted by Gasteiger charge is -2.38. The quantitative estimate of drug-likeness (QED) is 0.916. The van der Waals surface area contributed by atoms with Gasteiger partial charge in [0.2, 0.25) is 0 Å². The van der Waals surface area contributed by atoms with Gasteiger partial charge < -0.3 is 5.11 Å². The van der Waals surface area contributed by atoms with E-state index in [2.05, 4.69) is 9.80 Å². The Labute approximate surface area is 118 Å². The zero-order valence-corrected chi connectivity index (χ0v) is 12.0. The van der Waals surface area contributed by atoms with Crippen molar-refractivity contribution in [1.29, 1.82) is 0 Å². The molecule has 20 heavy (non-hydrogen) atoms. The lowest BCUT2D eigenvalue weighted by atomic mass is 10.1. The molecule has 0 unspecified atom stereocenters. The Morgan fingerprint density at radius 3 is 2.30 bits per heavy atom. The molecule has 1 saturated heterocycles. The van der Waals surface area contributed by atoms with Crippen molar-refractivity contribution < 1.29 is 13.9 Å². The summed E-state index contributed by atoms with van der Waals surface area (Å²) in [6.45, 7) is 8.00. The average Bonchev–Trinajstić information content (AvgIpc) is 2.41. The van der Waals surface area contributed by atoms with Crippen molar-refractivity contribution in [3.63, 3.8) is 0 Å². The fourth-order valence-corrected chi connectivity index (χ4v) is 2.69. The molecule has 0 aromatic heterocycles. The van der Waals surface area contributed by atoms with Crippen LogP contribution in [0, 0.1) is 11.6 Å². The van der Waals surface area contributed by atoms with Crippen LogP contribution in [-0.2, 0) is 0 Å². The van der Waals surface area contributed by atoms with E-state index in [1.165, 1.54) is 12.1 Å². The minimum atomic E-state index is -0.803. The molecule has 2 atom stereocenters. The first-order valence-corrected chi connectivity index (χ1v) is 7.07. The van der Waals surface area contributed by atoms with Gasteiger partial charge in [-0.2, -0.15) is 0 Å². The molecule has 0 bridgehead atoms. The fourth-order valence-electron chi connectivity index (χ4n) is 2.69. The summed E-state index contributed by atoms with van der Waals surface area (Å²) in [6.07, 6.45) is -0.315. The van der Waals surface area contributed by atoms with Crippen molar-refractivity contribution >= 4 is 0 Å². The van der Waals surface area contributed by atoms with E-state index >= 15 is 0 Å². The summed E-state index contributed by atoms with van der Waals surface area (Å²) in [4.78, 5) is 4.48. The van der Waals surface area contributed by atoms with E-state index in [1.807, 2.05) is 6.92 Å². The second-order valence-corrected chi connectivity index (χ2v) is 5.54. The van der Waals surface area contributed by atoms with Gasteiger partial charge in [-0.1, -0.05) is 6.07 Å². The molecule has 112 valence electrons. The Bertz CT molecular complexity index is 445. The van der Waals surface area contributed by atoms with Crippen molar-refractivity contribution in [2.24, 2.45) is 0 Å². The molecular formula is C15H22F2N2O. The molecule has 1 aromatic rings. The SMILES string of the molecule is C[C@@H](O)CN1CCN([C@@H](C)c2ccc(F)c(F)c2)CC1. The number of rotatable bonds is 4. The summed E-state index contributed by atoms with van der Waals surface area (Å²) in [5.74, 6) is -1.59. The van der Waals surface area contributed by atoms with Crippen LogP contribution in [0.1, 0.15) is 25.5 Å². The highest BCUT2D eigenvalue weighted by Gasteiger charge is 2.23.